The van der Waals surface area contributed by atoms with Gasteiger partial charge in [-0.25, -0.2) is 0 Å². The van der Waals surface area contributed by atoms with Crippen LogP contribution in [0.4, 0.5) is 0 Å². The third kappa shape index (κ3) is 3.06. The van der Waals surface area contributed by atoms with Crippen molar-refractivity contribution in [2.45, 2.75) is 0 Å². The van der Waals surface area contributed by atoms with Crippen molar-refractivity contribution in [1.29, 1.82) is 0 Å². The molecule has 0 N–H and O–H groups in total. The van der Waals surface area contributed by atoms with Gasteiger partial charge in [-0.1, -0.05) is 158 Å². The fourth-order valence-electron chi connectivity index (χ4n) is 9.21. The number of rotatable bonds is 2. The largest absolute Gasteiger partial charge is 0.0610 e. The van der Waals surface area contributed by atoms with Crippen LogP contribution in [0, 0.1) is 0 Å². The zero-order valence-electron chi connectivity index (χ0n) is 26.0. The summed E-state index contributed by atoms with van der Waals surface area (Å²) in [5.74, 6) is 0. The lowest BCUT2D eigenvalue weighted by molar-refractivity contribution is 1.71. The highest BCUT2D eigenvalue weighted by atomic mass is 14.2. The van der Waals surface area contributed by atoms with E-state index >= 15 is 0 Å². The SMILES string of the molecule is c1cc2ccc3ccc(-c4ccc5ccc6ccc(-c7ccc8ccc9cccc%10ccc7c8c9%10)c7ccc4c5c67)c4ccc(c1)c2c34. The highest BCUT2D eigenvalue weighted by Crippen LogP contribution is 2.47. The van der Waals surface area contributed by atoms with Crippen molar-refractivity contribution in [2.24, 2.45) is 0 Å². The van der Waals surface area contributed by atoms with Gasteiger partial charge in [-0.3, -0.25) is 0 Å². The first kappa shape index (κ1) is 24.9. The van der Waals surface area contributed by atoms with Crippen LogP contribution >= 0.6 is 0 Å². The Hall–Kier alpha value is -6.24. The summed E-state index contributed by atoms with van der Waals surface area (Å²) in [6.07, 6.45) is 0. The van der Waals surface area contributed by atoms with Crippen LogP contribution in [0.15, 0.2) is 158 Å². The Labute approximate surface area is 276 Å². The van der Waals surface area contributed by atoms with E-state index < -0.39 is 0 Å². The van der Waals surface area contributed by atoms with Crippen molar-refractivity contribution in [1.82, 2.24) is 0 Å². The molecule has 0 aliphatic carbocycles. The van der Waals surface area contributed by atoms with Gasteiger partial charge in [-0.2, -0.15) is 0 Å². The molecule has 0 aromatic heterocycles. The van der Waals surface area contributed by atoms with Crippen LogP contribution in [0.2, 0.25) is 0 Å². The molecule has 0 atom stereocenters. The minimum Gasteiger partial charge on any atom is -0.0610 e. The molecule has 0 saturated heterocycles. The van der Waals surface area contributed by atoms with Gasteiger partial charge in [0.05, 0.1) is 0 Å². The standard InChI is InChI=1S/C48H26/c1-3-27-7-9-31-13-19-35(39-23-17-29(5-1)43(27)45(31)39)37-21-15-33-11-12-34-16-22-38(42-26-25-41(37)47(33)48(34)42)36-20-14-32-10-8-28-4-2-6-30-18-24-40(36)46(32)44(28)30/h1-26H. The maximum atomic E-state index is 2.39. The normalized spacial score (nSPS) is 12.6. The van der Waals surface area contributed by atoms with Crippen LogP contribution in [0.25, 0.3) is 119 Å². The maximum absolute atomic E-state index is 2.39. The van der Waals surface area contributed by atoms with Crippen molar-refractivity contribution in [3.05, 3.63) is 158 Å². The third-order valence-corrected chi connectivity index (χ3v) is 11.3. The monoisotopic (exact) mass is 602 g/mol. The zero-order chi connectivity index (χ0) is 31.1. The lowest BCUT2D eigenvalue weighted by atomic mass is 9.84. The average Bonchev–Trinajstić information content (AvgIpc) is 3.15. The molecule has 0 saturated carbocycles. The van der Waals surface area contributed by atoms with E-state index in [1.807, 2.05) is 0 Å². The summed E-state index contributed by atoms with van der Waals surface area (Å²) in [6.45, 7) is 0. The van der Waals surface area contributed by atoms with Crippen LogP contribution in [0.3, 0.4) is 0 Å². The summed E-state index contributed by atoms with van der Waals surface area (Å²) in [6, 6.07) is 59.7. The smallest absolute Gasteiger partial charge is 0.00203 e. The van der Waals surface area contributed by atoms with Crippen LogP contribution < -0.4 is 0 Å². The molecule has 0 unspecified atom stereocenters. The van der Waals surface area contributed by atoms with Crippen molar-refractivity contribution in [3.63, 3.8) is 0 Å². The molecule has 218 valence electrons. The van der Waals surface area contributed by atoms with Crippen LogP contribution in [-0.2, 0) is 0 Å². The molecule has 0 aliphatic heterocycles. The first-order valence-corrected chi connectivity index (χ1v) is 16.8. The Bertz CT molecular complexity index is 3020. The lowest BCUT2D eigenvalue weighted by Gasteiger charge is -2.19. The van der Waals surface area contributed by atoms with Crippen molar-refractivity contribution >= 4 is 97.0 Å². The summed E-state index contributed by atoms with van der Waals surface area (Å²) in [4.78, 5) is 0. The zero-order valence-corrected chi connectivity index (χ0v) is 26.0. The van der Waals surface area contributed by atoms with Gasteiger partial charge in [0.2, 0.25) is 0 Å². The first-order chi connectivity index (χ1) is 23.8. The van der Waals surface area contributed by atoms with E-state index in [1.54, 1.807) is 0 Å². The number of hydrogen-bond acceptors (Lipinski definition) is 0. The number of hydrogen-bond donors (Lipinski definition) is 0. The van der Waals surface area contributed by atoms with Crippen LogP contribution in [0.1, 0.15) is 0 Å². The molecule has 0 spiro atoms. The highest BCUT2D eigenvalue weighted by Gasteiger charge is 2.19. The van der Waals surface area contributed by atoms with E-state index in [2.05, 4.69) is 158 Å². The molecule has 12 aromatic rings. The molecule has 0 heteroatoms. The summed E-state index contributed by atoms with van der Waals surface area (Å²) < 4.78 is 0. The van der Waals surface area contributed by atoms with Crippen molar-refractivity contribution in [3.8, 4) is 22.3 Å². The maximum Gasteiger partial charge on any atom is -0.00203 e. The van der Waals surface area contributed by atoms with Gasteiger partial charge < -0.3 is 0 Å². The van der Waals surface area contributed by atoms with Crippen LogP contribution in [-0.4, -0.2) is 0 Å². The van der Waals surface area contributed by atoms with Crippen molar-refractivity contribution < 1.29 is 0 Å². The number of benzene rings is 12. The molecule has 0 radical (unpaired) electrons. The molecule has 0 heterocycles. The molecule has 0 bridgehead atoms. The van der Waals surface area contributed by atoms with E-state index in [4.69, 9.17) is 0 Å². The third-order valence-electron chi connectivity index (χ3n) is 11.3. The molecular weight excluding hydrogens is 577 g/mol. The highest BCUT2D eigenvalue weighted by molar-refractivity contribution is 6.32. The van der Waals surface area contributed by atoms with E-state index in [-0.39, 0.29) is 0 Å². The molecule has 12 rings (SSSR count). The molecule has 48 heavy (non-hydrogen) atoms. The van der Waals surface area contributed by atoms with Gasteiger partial charge in [0.1, 0.15) is 0 Å². The van der Waals surface area contributed by atoms with Gasteiger partial charge in [0.15, 0.2) is 0 Å². The second-order valence-corrected chi connectivity index (χ2v) is 13.6. The van der Waals surface area contributed by atoms with E-state index in [0.717, 1.165) is 0 Å². The van der Waals surface area contributed by atoms with Gasteiger partial charge in [-0.05, 0) is 119 Å². The van der Waals surface area contributed by atoms with Crippen molar-refractivity contribution in [2.75, 3.05) is 0 Å². The van der Waals surface area contributed by atoms with Crippen LogP contribution in [0.5, 0.6) is 0 Å². The molecule has 0 nitrogen and oxygen atoms in total. The summed E-state index contributed by atoms with van der Waals surface area (Å²) in [5.41, 5.74) is 5.18. The van der Waals surface area contributed by atoms with Gasteiger partial charge in [0, 0.05) is 0 Å². The van der Waals surface area contributed by atoms with E-state index in [9.17, 15) is 0 Å². The lowest BCUT2D eigenvalue weighted by Crippen LogP contribution is -1.92. The minimum atomic E-state index is 1.29. The quantitative estimate of drug-likeness (QED) is 0.173. The molecule has 0 amide bonds. The molecular formula is C48H26. The summed E-state index contributed by atoms with van der Waals surface area (Å²) in [7, 11) is 0. The van der Waals surface area contributed by atoms with E-state index in [0.29, 0.717) is 0 Å². The minimum absolute atomic E-state index is 1.29. The van der Waals surface area contributed by atoms with Gasteiger partial charge >= 0.3 is 0 Å². The Balaban J connectivity index is 1.16. The molecule has 0 aliphatic rings. The Morgan fingerprint density at radius 2 is 0.375 bits per heavy atom. The summed E-state index contributed by atoms with van der Waals surface area (Å²) in [5, 5.41) is 23.8. The average molecular weight is 603 g/mol. The fraction of sp³-hybridized carbons (Fsp3) is 0. The summed E-state index contributed by atoms with van der Waals surface area (Å²) >= 11 is 0. The first-order valence-electron chi connectivity index (χ1n) is 16.8. The van der Waals surface area contributed by atoms with E-state index in [1.165, 1.54) is 119 Å². The van der Waals surface area contributed by atoms with Gasteiger partial charge in [-0.15, -0.1) is 0 Å². The Morgan fingerprint density at radius 1 is 0.167 bits per heavy atom. The van der Waals surface area contributed by atoms with Gasteiger partial charge in [0.25, 0.3) is 0 Å². The molecule has 12 aromatic carbocycles. The predicted molar refractivity (Wildman–Crippen MR) is 208 cm³/mol. The fourth-order valence-corrected chi connectivity index (χ4v) is 9.21. The Morgan fingerprint density at radius 3 is 0.688 bits per heavy atom. The second-order valence-electron chi connectivity index (χ2n) is 13.6. The topological polar surface area (TPSA) is 0 Å². The predicted octanol–water partition coefficient (Wildman–Crippen LogP) is 13.7. The molecule has 0 fully saturated rings. The Kier molecular flexibility index (Phi) is 4.55. The second kappa shape index (κ2) is 8.76.